The molecule has 0 spiro atoms. The molecular weight excluding hydrogens is 424 g/mol. The van der Waals surface area contributed by atoms with Crippen LogP contribution in [0.5, 0.6) is 5.75 Å². The van der Waals surface area contributed by atoms with Gasteiger partial charge in [0.25, 0.3) is 5.91 Å². The summed E-state index contributed by atoms with van der Waals surface area (Å²) in [6.07, 6.45) is 7.79. The molecule has 0 saturated carbocycles. The van der Waals surface area contributed by atoms with E-state index in [0.717, 1.165) is 29.8 Å². The molecular formula is C25H25ClN4O2. The molecule has 3 aromatic rings. The highest BCUT2D eigenvalue weighted by atomic mass is 35.5. The number of rotatable bonds is 10. The molecule has 1 amide bonds. The average molecular weight is 449 g/mol. The molecule has 0 unspecified atom stereocenters. The lowest BCUT2D eigenvalue weighted by Gasteiger charge is -2.07. The maximum atomic E-state index is 11.6. The van der Waals surface area contributed by atoms with Crippen molar-refractivity contribution in [3.05, 3.63) is 70.9 Å². The van der Waals surface area contributed by atoms with Crippen LogP contribution in [0.3, 0.4) is 0 Å². The monoisotopic (exact) mass is 448 g/mol. The largest absolute Gasteiger partial charge is 0.494 e. The second-order valence-corrected chi connectivity index (χ2v) is 7.76. The van der Waals surface area contributed by atoms with Gasteiger partial charge in [0.1, 0.15) is 17.4 Å². The fourth-order valence-corrected chi connectivity index (χ4v) is 3.31. The number of carbonyl (C=O) groups is 1. The van der Waals surface area contributed by atoms with Crippen LogP contribution in [0.1, 0.15) is 38.2 Å². The number of halogens is 1. The van der Waals surface area contributed by atoms with Crippen LogP contribution in [0.2, 0.25) is 5.02 Å². The molecule has 1 aromatic heterocycles. The minimum absolute atomic E-state index is 0.145. The zero-order chi connectivity index (χ0) is 22.9. The van der Waals surface area contributed by atoms with Gasteiger partial charge in [-0.15, -0.1) is 0 Å². The van der Waals surface area contributed by atoms with Gasteiger partial charge in [0.15, 0.2) is 0 Å². The summed E-state index contributed by atoms with van der Waals surface area (Å²) in [6.45, 7) is 2.86. The maximum absolute atomic E-state index is 11.6. The van der Waals surface area contributed by atoms with E-state index in [4.69, 9.17) is 22.1 Å². The first-order valence-electron chi connectivity index (χ1n) is 10.5. The third-order valence-electron chi connectivity index (χ3n) is 4.91. The van der Waals surface area contributed by atoms with Gasteiger partial charge in [0, 0.05) is 22.3 Å². The summed E-state index contributed by atoms with van der Waals surface area (Å²) in [5.74, 6) is -0.00108. The van der Waals surface area contributed by atoms with Crippen LogP contribution in [-0.4, -0.2) is 22.3 Å². The summed E-state index contributed by atoms with van der Waals surface area (Å²) in [5.41, 5.74) is 8.01. The molecule has 0 radical (unpaired) electrons. The number of ether oxygens (including phenoxy) is 1. The Kier molecular flexibility index (Phi) is 8.07. The van der Waals surface area contributed by atoms with E-state index >= 15 is 0 Å². The first kappa shape index (κ1) is 23.1. The standard InChI is InChI=1S/C25H25ClN4O2/c1-2-3-4-5-14-32-23-12-6-18(7-13-23)24-20(15-19(16-27)25(28)31)17-30(29-24)22-10-8-21(26)9-11-22/h6-13,15,17H,2-5,14H2,1H3,(H2,28,31)/b19-15+. The summed E-state index contributed by atoms with van der Waals surface area (Å²) >= 11 is 5.99. The number of aromatic nitrogens is 2. The fraction of sp³-hybridized carbons (Fsp3) is 0.240. The van der Waals surface area contributed by atoms with Crippen LogP contribution < -0.4 is 10.5 Å². The van der Waals surface area contributed by atoms with Crippen molar-refractivity contribution in [3.8, 4) is 28.8 Å². The van der Waals surface area contributed by atoms with E-state index in [1.165, 1.54) is 18.9 Å². The van der Waals surface area contributed by atoms with Crippen LogP contribution in [-0.2, 0) is 4.79 Å². The molecule has 0 bridgehead atoms. The van der Waals surface area contributed by atoms with Gasteiger partial charge in [0.2, 0.25) is 0 Å². The molecule has 0 aliphatic rings. The van der Waals surface area contributed by atoms with Crippen molar-refractivity contribution in [2.24, 2.45) is 5.73 Å². The Morgan fingerprint density at radius 2 is 1.88 bits per heavy atom. The Morgan fingerprint density at radius 3 is 2.50 bits per heavy atom. The molecule has 7 heteroatoms. The van der Waals surface area contributed by atoms with E-state index in [2.05, 4.69) is 12.0 Å². The molecule has 0 aliphatic carbocycles. The number of primary amides is 1. The van der Waals surface area contributed by atoms with Crippen molar-refractivity contribution in [2.45, 2.75) is 32.6 Å². The predicted octanol–water partition coefficient (Wildman–Crippen LogP) is 5.54. The van der Waals surface area contributed by atoms with Crippen LogP contribution >= 0.6 is 11.6 Å². The summed E-state index contributed by atoms with van der Waals surface area (Å²) in [5, 5.41) is 14.6. The first-order chi connectivity index (χ1) is 15.5. The van der Waals surface area contributed by atoms with Gasteiger partial charge in [-0.2, -0.15) is 10.4 Å². The van der Waals surface area contributed by atoms with E-state index < -0.39 is 5.91 Å². The normalized spacial score (nSPS) is 11.2. The molecule has 1 heterocycles. The number of nitrogens with zero attached hydrogens (tertiary/aromatic N) is 3. The molecule has 3 rings (SSSR count). The van der Waals surface area contributed by atoms with Gasteiger partial charge in [0.05, 0.1) is 18.0 Å². The summed E-state index contributed by atoms with van der Waals surface area (Å²) in [7, 11) is 0. The molecule has 0 saturated heterocycles. The number of hydrogen-bond donors (Lipinski definition) is 1. The Bertz CT molecular complexity index is 1130. The van der Waals surface area contributed by atoms with Crippen molar-refractivity contribution in [1.82, 2.24) is 9.78 Å². The second-order valence-electron chi connectivity index (χ2n) is 7.32. The number of amides is 1. The molecule has 0 atom stereocenters. The molecule has 6 nitrogen and oxygen atoms in total. The maximum Gasteiger partial charge on any atom is 0.259 e. The van der Waals surface area contributed by atoms with E-state index in [-0.39, 0.29) is 5.57 Å². The van der Waals surface area contributed by atoms with Crippen molar-refractivity contribution >= 4 is 23.6 Å². The fourth-order valence-electron chi connectivity index (χ4n) is 3.19. The highest BCUT2D eigenvalue weighted by Crippen LogP contribution is 2.28. The van der Waals surface area contributed by atoms with Crippen molar-refractivity contribution in [2.75, 3.05) is 6.61 Å². The van der Waals surface area contributed by atoms with Gasteiger partial charge >= 0.3 is 0 Å². The van der Waals surface area contributed by atoms with E-state index in [1.54, 1.807) is 23.0 Å². The number of carbonyl (C=O) groups excluding carboxylic acids is 1. The predicted molar refractivity (Wildman–Crippen MR) is 126 cm³/mol. The number of nitriles is 1. The highest BCUT2D eigenvalue weighted by molar-refractivity contribution is 6.30. The minimum Gasteiger partial charge on any atom is -0.494 e. The van der Waals surface area contributed by atoms with Crippen LogP contribution in [0, 0.1) is 11.3 Å². The highest BCUT2D eigenvalue weighted by Gasteiger charge is 2.14. The summed E-state index contributed by atoms with van der Waals surface area (Å²) < 4.78 is 7.49. The third-order valence-corrected chi connectivity index (χ3v) is 5.17. The Labute approximate surface area is 192 Å². The van der Waals surface area contributed by atoms with Gasteiger partial charge in [-0.25, -0.2) is 4.68 Å². The van der Waals surface area contributed by atoms with Crippen LogP contribution in [0.25, 0.3) is 23.0 Å². The van der Waals surface area contributed by atoms with E-state index in [9.17, 15) is 10.1 Å². The second kappa shape index (κ2) is 11.2. The quantitative estimate of drug-likeness (QED) is 0.250. The first-order valence-corrected chi connectivity index (χ1v) is 10.9. The molecule has 2 aromatic carbocycles. The Hall–Kier alpha value is -3.56. The van der Waals surface area contributed by atoms with Crippen molar-refractivity contribution < 1.29 is 9.53 Å². The number of benzene rings is 2. The lowest BCUT2D eigenvalue weighted by Crippen LogP contribution is -2.12. The Balaban J connectivity index is 1.91. The topological polar surface area (TPSA) is 93.9 Å². The molecule has 164 valence electrons. The van der Waals surface area contributed by atoms with Crippen molar-refractivity contribution in [1.29, 1.82) is 5.26 Å². The lowest BCUT2D eigenvalue weighted by atomic mass is 10.1. The van der Waals surface area contributed by atoms with Gasteiger partial charge in [-0.05, 0) is 61.0 Å². The van der Waals surface area contributed by atoms with Gasteiger partial charge < -0.3 is 10.5 Å². The van der Waals surface area contributed by atoms with E-state index in [1.807, 2.05) is 42.5 Å². The SMILES string of the molecule is CCCCCCOc1ccc(-c2nn(-c3ccc(Cl)cc3)cc2/C=C(\C#N)C(N)=O)cc1. The van der Waals surface area contributed by atoms with Gasteiger partial charge in [-0.3, -0.25) is 4.79 Å². The zero-order valence-corrected chi connectivity index (χ0v) is 18.7. The lowest BCUT2D eigenvalue weighted by molar-refractivity contribution is -0.114. The molecule has 32 heavy (non-hydrogen) atoms. The summed E-state index contributed by atoms with van der Waals surface area (Å²) in [6, 6.07) is 16.6. The van der Waals surface area contributed by atoms with Gasteiger partial charge in [-0.1, -0.05) is 37.8 Å². The smallest absolute Gasteiger partial charge is 0.259 e. The van der Waals surface area contributed by atoms with Crippen molar-refractivity contribution in [3.63, 3.8) is 0 Å². The van der Waals surface area contributed by atoms with Crippen LogP contribution in [0.15, 0.2) is 60.3 Å². The minimum atomic E-state index is -0.787. The third kappa shape index (κ3) is 5.99. The van der Waals surface area contributed by atoms with E-state index in [0.29, 0.717) is 22.9 Å². The summed E-state index contributed by atoms with van der Waals surface area (Å²) in [4.78, 5) is 11.6. The molecule has 0 fully saturated rings. The number of hydrogen-bond acceptors (Lipinski definition) is 4. The average Bonchev–Trinajstić information content (AvgIpc) is 3.22. The molecule has 0 aliphatic heterocycles. The Morgan fingerprint density at radius 1 is 1.16 bits per heavy atom. The zero-order valence-electron chi connectivity index (χ0n) is 17.9. The van der Waals surface area contributed by atoms with Crippen LogP contribution in [0.4, 0.5) is 0 Å². The number of unbranched alkanes of at least 4 members (excludes halogenated alkanes) is 3. The molecule has 2 N–H and O–H groups in total. The number of nitrogens with two attached hydrogens (primary N) is 1.